The highest BCUT2D eigenvalue weighted by molar-refractivity contribution is 5.88. The first-order valence-electron chi connectivity index (χ1n) is 9.46. The molecule has 4 atom stereocenters. The lowest BCUT2D eigenvalue weighted by Crippen LogP contribution is -2.52. The zero-order valence-corrected chi connectivity index (χ0v) is 15.6. The van der Waals surface area contributed by atoms with Gasteiger partial charge in [-0.15, -0.1) is 12.4 Å². The molecule has 3 fully saturated rings. The van der Waals surface area contributed by atoms with Gasteiger partial charge < -0.3 is 15.5 Å². The van der Waals surface area contributed by atoms with Crippen molar-refractivity contribution in [1.82, 2.24) is 15.5 Å². The third-order valence-electron chi connectivity index (χ3n) is 5.95. The molecule has 0 bridgehead atoms. The van der Waals surface area contributed by atoms with Gasteiger partial charge in [0, 0.05) is 31.0 Å². The normalized spacial score (nSPS) is 33.6. The molecule has 2 saturated heterocycles. The minimum atomic E-state index is -0.112. The maximum atomic E-state index is 12.8. The topological polar surface area (TPSA) is 61.4 Å². The fraction of sp³-hybridized carbons (Fsp3) is 0.889. The summed E-state index contributed by atoms with van der Waals surface area (Å²) >= 11 is 0. The van der Waals surface area contributed by atoms with Gasteiger partial charge in [-0.3, -0.25) is 9.59 Å². The molecule has 5 nitrogen and oxygen atoms in total. The Bertz CT molecular complexity index is 440. The number of carbonyl (C=O) groups is 2. The lowest BCUT2D eigenvalue weighted by Gasteiger charge is -2.35. The first kappa shape index (κ1) is 19.5. The van der Waals surface area contributed by atoms with Gasteiger partial charge in [-0.25, -0.2) is 0 Å². The molecule has 4 unspecified atom stereocenters. The van der Waals surface area contributed by atoms with Gasteiger partial charge in [0.05, 0.1) is 0 Å². The predicted molar refractivity (Wildman–Crippen MR) is 97.1 cm³/mol. The summed E-state index contributed by atoms with van der Waals surface area (Å²) in [4.78, 5) is 27.6. The van der Waals surface area contributed by atoms with E-state index in [4.69, 9.17) is 0 Å². The number of carbonyl (C=O) groups excluding carboxylic acids is 2. The molecule has 1 aliphatic carbocycles. The largest absolute Gasteiger partial charge is 0.353 e. The summed E-state index contributed by atoms with van der Waals surface area (Å²) in [5.41, 5.74) is 0. The molecular formula is C18H32ClN3O2. The van der Waals surface area contributed by atoms with Crippen molar-refractivity contribution in [2.45, 2.75) is 57.9 Å². The Balaban J connectivity index is 0.00000208. The summed E-state index contributed by atoms with van der Waals surface area (Å²) in [5, 5.41) is 6.63. The van der Waals surface area contributed by atoms with Crippen LogP contribution >= 0.6 is 12.4 Å². The van der Waals surface area contributed by atoms with Gasteiger partial charge in [-0.1, -0.05) is 19.8 Å². The molecule has 2 aliphatic heterocycles. The molecular weight excluding hydrogens is 326 g/mol. The maximum absolute atomic E-state index is 12.8. The van der Waals surface area contributed by atoms with E-state index in [-0.39, 0.29) is 42.1 Å². The van der Waals surface area contributed by atoms with Gasteiger partial charge in [0.2, 0.25) is 11.8 Å². The lowest BCUT2D eigenvalue weighted by atomic mass is 9.77. The summed E-state index contributed by atoms with van der Waals surface area (Å²) in [5.74, 6) is 0.628. The molecule has 2 amide bonds. The Morgan fingerprint density at radius 3 is 2.33 bits per heavy atom. The van der Waals surface area contributed by atoms with Crippen molar-refractivity contribution in [2.75, 3.05) is 26.2 Å². The number of halogens is 1. The van der Waals surface area contributed by atoms with Crippen LogP contribution in [0.4, 0.5) is 0 Å². The van der Waals surface area contributed by atoms with E-state index in [0.29, 0.717) is 5.92 Å². The summed E-state index contributed by atoms with van der Waals surface area (Å²) in [6.07, 6.45) is 7.13. The van der Waals surface area contributed by atoms with Gasteiger partial charge >= 0.3 is 0 Å². The number of nitrogens with zero attached hydrogens (tertiary/aromatic N) is 1. The molecule has 3 rings (SSSR count). The molecule has 0 spiro atoms. The molecule has 6 heteroatoms. The molecule has 0 aromatic rings. The molecule has 2 heterocycles. The van der Waals surface area contributed by atoms with Crippen molar-refractivity contribution in [2.24, 2.45) is 17.8 Å². The Morgan fingerprint density at radius 1 is 1.00 bits per heavy atom. The van der Waals surface area contributed by atoms with Crippen molar-refractivity contribution < 1.29 is 9.59 Å². The fourth-order valence-electron chi connectivity index (χ4n) is 4.43. The van der Waals surface area contributed by atoms with Crippen LogP contribution in [0.2, 0.25) is 0 Å². The van der Waals surface area contributed by atoms with Crippen LogP contribution < -0.4 is 10.6 Å². The third-order valence-corrected chi connectivity index (χ3v) is 5.95. The van der Waals surface area contributed by atoms with E-state index in [0.717, 1.165) is 71.1 Å². The minimum absolute atomic E-state index is 0. The summed E-state index contributed by atoms with van der Waals surface area (Å²) < 4.78 is 0. The van der Waals surface area contributed by atoms with Gasteiger partial charge in [-0.05, 0) is 51.1 Å². The molecule has 2 N–H and O–H groups in total. The molecule has 0 aromatic carbocycles. The molecule has 0 radical (unpaired) electrons. The number of hydrogen-bond donors (Lipinski definition) is 2. The molecule has 24 heavy (non-hydrogen) atoms. The van der Waals surface area contributed by atoms with Crippen molar-refractivity contribution in [3.05, 3.63) is 0 Å². The van der Waals surface area contributed by atoms with Gasteiger partial charge in [0.15, 0.2) is 0 Å². The van der Waals surface area contributed by atoms with E-state index in [1.165, 1.54) is 0 Å². The first-order chi connectivity index (χ1) is 11.2. The summed E-state index contributed by atoms with van der Waals surface area (Å²) in [7, 11) is 0. The number of amides is 2. The molecule has 1 saturated carbocycles. The van der Waals surface area contributed by atoms with Crippen LogP contribution in [0.5, 0.6) is 0 Å². The van der Waals surface area contributed by atoms with Crippen LogP contribution in [0.1, 0.15) is 51.9 Å². The van der Waals surface area contributed by atoms with Crippen LogP contribution in [0.25, 0.3) is 0 Å². The van der Waals surface area contributed by atoms with Crippen molar-refractivity contribution in [3.8, 4) is 0 Å². The molecule has 3 aliphatic rings. The zero-order valence-electron chi connectivity index (χ0n) is 14.8. The quantitative estimate of drug-likeness (QED) is 0.811. The highest BCUT2D eigenvalue weighted by Gasteiger charge is 2.39. The number of nitrogens with one attached hydrogen (secondary N) is 2. The number of rotatable bonds is 3. The fourth-order valence-corrected chi connectivity index (χ4v) is 4.43. The standard InChI is InChI=1S/C18H31N3O2.ClH/c1-13-12-19-9-8-16(13)20-17(22)14-6-2-3-7-15(14)18(23)21-10-4-5-11-21;/h13-16,19H,2-12H2,1H3,(H,20,22);1H. The zero-order chi connectivity index (χ0) is 16.2. The Labute approximate surface area is 151 Å². The van der Waals surface area contributed by atoms with Crippen LogP contribution in [0.15, 0.2) is 0 Å². The van der Waals surface area contributed by atoms with E-state index < -0.39 is 0 Å². The highest BCUT2D eigenvalue weighted by Crippen LogP contribution is 2.33. The van der Waals surface area contributed by atoms with Crippen molar-refractivity contribution in [3.63, 3.8) is 0 Å². The molecule has 0 aromatic heterocycles. The average molecular weight is 358 g/mol. The summed E-state index contributed by atoms with van der Waals surface area (Å²) in [6, 6.07) is 0.258. The maximum Gasteiger partial charge on any atom is 0.226 e. The van der Waals surface area contributed by atoms with Gasteiger partial charge in [0.25, 0.3) is 0 Å². The second-order valence-corrected chi connectivity index (χ2v) is 7.62. The van der Waals surface area contributed by atoms with Crippen molar-refractivity contribution in [1.29, 1.82) is 0 Å². The third kappa shape index (κ3) is 4.42. The second kappa shape index (κ2) is 9.04. The van der Waals surface area contributed by atoms with E-state index >= 15 is 0 Å². The minimum Gasteiger partial charge on any atom is -0.353 e. The average Bonchev–Trinajstić information content (AvgIpc) is 3.11. The van der Waals surface area contributed by atoms with Gasteiger partial charge in [0.1, 0.15) is 0 Å². The van der Waals surface area contributed by atoms with Crippen molar-refractivity contribution >= 4 is 24.2 Å². The Hall–Kier alpha value is -0.810. The van der Waals surface area contributed by atoms with E-state index in [1.54, 1.807) is 0 Å². The Morgan fingerprint density at radius 2 is 1.67 bits per heavy atom. The summed E-state index contributed by atoms with van der Waals surface area (Å²) in [6.45, 7) is 5.89. The number of hydrogen-bond acceptors (Lipinski definition) is 3. The monoisotopic (exact) mass is 357 g/mol. The van der Waals surface area contributed by atoms with E-state index in [1.807, 2.05) is 4.90 Å². The first-order valence-corrected chi connectivity index (χ1v) is 9.46. The number of likely N-dealkylation sites (tertiary alicyclic amines) is 1. The predicted octanol–water partition coefficient (Wildman–Crippen LogP) is 1.95. The van der Waals surface area contributed by atoms with Gasteiger partial charge in [-0.2, -0.15) is 0 Å². The molecule has 138 valence electrons. The van der Waals surface area contributed by atoms with Crippen LogP contribution in [-0.2, 0) is 9.59 Å². The van der Waals surface area contributed by atoms with E-state index in [2.05, 4.69) is 17.6 Å². The Kier molecular flexibility index (Phi) is 7.35. The smallest absolute Gasteiger partial charge is 0.226 e. The highest BCUT2D eigenvalue weighted by atomic mass is 35.5. The second-order valence-electron chi connectivity index (χ2n) is 7.62. The van der Waals surface area contributed by atoms with Crippen LogP contribution in [-0.4, -0.2) is 48.9 Å². The van der Waals surface area contributed by atoms with E-state index in [9.17, 15) is 9.59 Å². The lowest BCUT2D eigenvalue weighted by molar-refractivity contribution is -0.143. The van der Waals surface area contributed by atoms with Crippen LogP contribution in [0.3, 0.4) is 0 Å². The number of piperidine rings is 1. The van der Waals surface area contributed by atoms with Crippen LogP contribution in [0, 0.1) is 17.8 Å². The SMILES string of the molecule is CC1CNCCC1NC(=O)C1CCCCC1C(=O)N1CCCC1.Cl.